The average Bonchev–Trinajstić information content (AvgIpc) is 3.18. The molecule has 1 aliphatic heterocycles. The normalized spacial score (nSPS) is 15.5. The smallest absolute Gasteiger partial charge is 0.407 e. The molecule has 0 saturated heterocycles. The number of carbonyl (C=O) groups is 2. The SMILES string of the molecule is COC(=O)c1scc2c1N(CCNC(=O)OC(C)(C)C)[C@H](COCc1ccccc1)CO2. The molecule has 1 aromatic heterocycles. The second-order valence-electron chi connectivity index (χ2n) is 8.36. The number of ether oxygens (including phenoxy) is 4. The van der Waals surface area contributed by atoms with Crippen LogP contribution in [0.4, 0.5) is 10.5 Å². The Balaban J connectivity index is 1.70. The van der Waals surface area contributed by atoms with E-state index in [2.05, 4.69) is 5.32 Å². The highest BCUT2D eigenvalue weighted by atomic mass is 32.1. The van der Waals surface area contributed by atoms with Crippen molar-refractivity contribution in [3.05, 3.63) is 46.2 Å². The zero-order chi connectivity index (χ0) is 23.1. The molecule has 174 valence electrons. The topological polar surface area (TPSA) is 86.3 Å². The molecule has 0 saturated carbocycles. The highest BCUT2D eigenvalue weighted by Gasteiger charge is 2.34. The van der Waals surface area contributed by atoms with Gasteiger partial charge in [0.15, 0.2) is 5.75 Å². The minimum atomic E-state index is -0.574. The minimum absolute atomic E-state index is 0.135. The van der Waals surface area contributed by atoms with Gasteiger partial charge >= 0.3 is 12.1 Å². The first kappa shape index (κ1) is 23.9. The molecule has 1 atom stereocenters. The van der Waals surface area contributed by atoms with E-state index in [1.807, 2.05) is 56.0 Å². The monoisotopic (exact) mass is 462 g/mol. The molecule has 0 bridgehead atoms. The first-order valence-corrected chi connectivity index (χ1v) is 11.3. The maximum absolute atomic E-state index is 12.3. The van der Waals surface area contributed by atoms with Gasteiger partial charge in [0.25, 0.3) is 0 Å². The van der Waals surface area contributed by atoms with Gasteiger partial charge in [0.2, 0.25) is 0 Å². The summed E-state index contributed by atoms with van der Waals surface area (Å²) in [7, 11) is 1.35. The van der Waals surface area contributed by atoms with Crippen LogP contribution in [0.2, 0.25) is 0 Å². The summed E-state index contributed by atoms with van der Waals surface area (Å²) in [5.74, 6) is 0.211. The fourth-order valence-electron chi connectivity index (χ4n) is 3.32. The van der Waals surface area contributed by atoms with Gasteiger partial charge in [-0.25, -0.2) is 9.59 Å². The number of nitrogens with one attached hydrogen (secondary N) is 1. The van der Waals surface area contributed by atoms with E-state index in [0.717, 1.165) is 5.56 Å². The Morgan fingerprint density at radius 1 is 1.25 bits per heavy atom. The number of alkyl carbamates (subject to hydrolysis) is 1. The molecule has 9 heteroatoms. The van der Waals surface area contributed by atoms with E-state index in [0.29, 0.717) is 49.2 Å². The van der Waals surface area contributed by atoms with Crippen LogP contribution >= 0.6 is 11.3 Å². The van der Waals surface area contributed by atoms with Crippen molar-refractivity contribution < 1.29 is 28.5 Å². The lowest BCUT2D eigenvalue weighted by Gasteiger charge is -2.37. The van der Waals surface area contributed by atoms with Crippen molar-refractivity contribution in [1.29, 1.82) is 0 Å². The summed E-state index contributed by atoms with van der Waals surface area (Å²) in [6.07, 6.45) is -0.485. The number of anilines is 1. The van der Waals surface area contributed by atoms with Crippen LogP contribution in [-0.2, 0) is 20.8 Å². The molecule has 1 aromatic carbocycles. The predicted octanol–water partition coefficient (Wildman–Crippen LogP) is 3.84. The van der Waals surface area contributed by atoms with Crippen molar-refractivity contribution >= 4 is 29.1 Å². The van der Waals surface area contributed by atoms with Crippen LogP contribution in [0.1, 0.15) is 36.0 Å². The van der Waals surface area contributed by atoms with Gasteiger partial charge in [-0.15, -0.1) is 11.3 Å². The fourth-order valence-corrected chi connectivity index (χ4v) is 4.23. The molecule has 2 heterocycles. The van der Waals surface area contributed by atoms with Crippen LogP contribution in [0.25, 0.3) is 0 Å². The summed E-state index contributed by atoms with van der Waals surface area (Å²) in [6, 6.07) is 9.78. The Labute approximate surface area is 192 Å². The molecule has 0 fully saturated rings. The number of nitrogens with zero attached hydrogens (tertiary/aromatic N) is 1. The summed E-state index contributed by atoms with van der Waals surface area (Å²) < 4.78 is 22.1. The number of methoxy groups -OCH3 is 1. The summed E-state index contributed by atoms with van der Waals surface area (Å²) in [5.41, 5.74) is 1.18. The van der Waals surface area contributed by atoms with Gasteiger partial charge in [0.05, 0.1) is 26.4 Å². The Morgan fingerprint density at radius 2 is 2.00 bits per heavy atom. The van der Waals surface area contributed by atoms with E-state index < -0.39 is 17.7 Å². The van der Waals surface area contributed by atoms with E-state index in [-0.39, 0.29) is 6.04 Å². The molecule has 0 unspecified atom stereocenters. The number of benzene rings is 1. The fraction of sp³-hybridized carbons (Fsp3) is 0.478. The van der Waals surface area contributed by atoms with Crippen molar-refractivity contribution in [1.82, 2.24) is 5.32 Å². The number of hydrogen-bond acceptors (Lipinski definition) is 8. The van der Waals surface area contributed by atoms with Crippen LogP contribution in [0.5, 0.6) is 5.75 Å². The molecule has 1 amide bonds. The number of carbonyl (C=O) groups excluding carboxylic acids is 2. The van der Waals surface area contributed by atoms with Crippen LogP contribution in [-0.4, -0.2) is 57.1 Å². The van der Waals surface area contributed by atoms with Gasteiger partial charge in [0, 0.05) is 18.5 Å². The van der Waals surface area contributed by atoms with Gasteiger partial charge in [-0.1, -0.05) is 30.3 Å². The molecule has 0 aliphatic carbocycles. The van der Waals surface area contributed by atoms with E-state index in [4.69, 9.17) is 18.9 Å². The van der Waals surface area contributed by atoms with Crippen molar-refractivity contribution in [3.63, 3.8) is 0 Å². The molecule has 2 aromatic rings. The van der Waals surface area contributed by atoms with E-state index >= 15 is 0 Å². The molecular weight excluding hydrogens is 432 g/mol. The van der Waals surface area contributed by atoms with Crippen LogP contribution in [0, 0.1) is 0 Å². The lowest BCUT2D eigenvalue weighted by molar-refractivity contribution is 0.0524. The third-order valence-electron chi connectivity index (χ3n) is 4.71. The van der Waals surface area contributed by atoms with Gasteiger partial charge in [-0.05, 0) is 26.3 Å². The maximum atomic E-state index is 12.3. The van der Waals surface area contributed by atoms with Crippen LogP contribution in [0.15, 0.2) is 35.7 Å². The molecule has 1 N–H and O–H groups in total. The molecule has 8 nitrogen and oxygen atoms in total. The van der Waals surface area contributed by atoms with Gasteiger partial charge < -0.3 is 29.2 Å². The number of esters is 1. The maximum Gasteiger partial charge on any atom is 0.407 e. The molecule has 3 rings (SSSR count). The Morgan fingerprint density at radius 3 is 2.69 bits per heavy atom. The third kappa shape index (κ3) is 6.37. The highest BCUT2D eigenvalue weighted by Crippen LogP contribution is 2.42. The highest BCUT2D eigenvalue weighted by molar-refractivity contribution is 7.13. The molecule has 0 spiro atoms. The van der Waals surface area contributed by atoms with Gasteiger partial charge in [0.1, 0.15) is 22.8 Å². The predicted molar refractivity (Wildman–Crippen MR) is 123 cm³/mol. The first-order chi connectivity index (χ1) is 15.3. The van der Waals surface area contributed by atoms with Crippen molar-refractivity contribution in [3.8, 4) is 5.75 Å². The zero-order valence-electron chi connectivity index (χ0n) is 18.9. The van der Waals surface area contributed by atoms with Crippen molar-refractivity contribution in [2.45, 2.75) is 39.0 Å². The van der Waals surface area contributed by atoms with Crippen molar-refractivity contribution in [2.75, 3.05) is 38.3 Å². The zero-order valence-corrected chi connectivity index (χ0v) is 19.7. The molecule has 32 heavy (non-hydrogen) atoms. The first-order valence-electron chi connectivity index (χ1n) is 10.5. The molecule has 1 aliphatic rings. The summed E-state index contributed by atoms with van der Waals surface area (Å²) in [5, 5.41) is 4.58. The number of amides is 1. The third-order valence-corrected chi connectivity index (χ3v) is 5.63. The Hall–Kier alpha value is -2.78. The van der Waals surface area contributed by atoms with E-state index in [1.54, 1.807) is 5.38 Å². The van der Waals surface area contributed by atoms with Gasteiger partial charge in [-0.2, -0.15) is 0 Å². The standard InChI is InChI=1S/C23H30N2O6S/c1-23(2,3)31-22(27)24-10-11-25-17(13-29-12-16-8-6-5-7-9-16)14-30-18-15-32-20(19(18)25)21(26)28-4/h5-9,15,17H,10-14H2,1-4H3,(H,24,27)/t17-/m1/s1. The van der Waals surface area contributed by atoms with Crippen LogP contribution in [0.3, 0.4) is 0 Å². The summed E-state index contributed by atoms with van der Waals surface area (Å²) in [4.78, 5) is 26.9. The average molecular weight is 463 g/mol. The summed E-state index contributed by atoms with van der Waals surface area (Å²) >= 11 is 1.28. The quantitative estimate of drug-likeness (QED) is 0.597. The number of fused-ring (bicyclic) bond motifs is 1. The Kier molecular flexibility index (Phi) is 7.98. The molecule has 0 radical (unpaired) electrons. The molecular formula is C23H30N2O6S. The van der Waals surface area contributed by atoms with Gasteiger partial charge in [-0.3, -0.25) is 0 Å². The number of hydrogen-bond donors (Lipinski definition) is 1. The van der Waals surface area contributed by atoms with E-state index in [1.165, 1.54) is 18.4 Å². The lowest BCUT2D eigenvalue weighted by atomic mass is 10.1. The number of rotatable bonds is 8. The number of thiophene rings is 1. The summed E-state index contributed by atoms with van der Waals surface area (Å²) in [6.45, 7) is 7.51. The van der Waals surface area contributed by atoms with E-state index in [9.17, 15) is 9.59 Å². The minimum Gasteiger partial charge on any atom is -0.488 e. The largest absolute Gasteiger partial charge is 0.488 e. The van der Waals surface area contributed by atoms with Crippen molar-refractivity contribution in [2.24, 2.45) is 0 Å². The van der Waals surface area contributed by atoms with Crippen LogP contribution < -0.4 is 15.0 Å². The second kappa shape index (κ2) is 10.7. The Bertz CT molecular complexity index is 909. The lowest BCUT2D eigenvalue weighted by Crippen LogP contribution is -2.49. The second-order valence-corrected chi connectivity index (χ2v) is 9.24.